The molecule has 11 heteroatoms. The van der Waals surface area contributed by atoms with Crippen molar-refractivity contribution < 1.29 is 9.53 Å². The number of halogens is 1. The number of amides is 2. The highest BCUT2D eigenvalue weighted by Gasteiger charge is 2.38. The second kappa shape index (κ2) is 9.23. The number of carbonyl (C=O) groups is 1. The Balaban J connectivity index is 1.52. The molecule has 1 atom stereocenters. The van der Waals surface area contributed by atoms with E-state index in [0.29, 0.717) is 18.1 Å². The number of urea groups is 1. The lowest BCUT2D eigenvalue weighted by Gasteiger charge is -2.21. The number of hydrogen-bond donors (Lipinski definition) is 0. The first-order valence-electron chi connectivity index (χ1n) is 11.3. The van der Waals surface area contributed by atoms with E-state index in [4.69, 9.17) is 4.74 Å². The van der Waals surface area contributed by atoms with Gasteiger partial charge in [0.25, 0.3) is 0 Å². The summed E-state index contributed by atoms with van der Waals surface area (Å²) in [7, 11) is 3.04. The van der Waals surface area contributed by atoms with Crippen molar-refractivity contribution in [1.29, 1.82) is 0 Å². The smallest absolute Gasteiger partial charge is 0.353 e. The van der Waals surface area contributed by atoms with E-state index in [9.17, 15) is 9.59 Å². The highest BCUT2D eigenvalue weighted by Crippen LogP contribution is 2.37. The minimum absolute atomic E-state index is 0.0367. The molecule has 2 amide bonds. The first-order chi connectivity index (χ1) is 17.3. The van der Waals surface area contributed by atoms with E-state index >= 15 is 0 Å². The van der Waals surface area contributed by atoms with E-state index in [1.807, 2.05) is 50.2 Å². The van der Waals surface area contributed by atoms with Gasteiger partial charge in [-0.25, -0.2) is 23.8 Å². The molecular weight excluding hydrogens is 526 g/mol. The van der Waals surface area contributed by atoms with Gasteiger partial charge in [0.1, 0.15) is 5.82 Å². The van der Waals surface area contributed by atoms with Crippen LogP contribution < -0.4 is 20.2 Å². The quantitative estimate of drug-likeness (QED) is 0.374. The van der Waals surface area contributed by atoms with Crippen molar-refractivity contribution in [3.05, 3.63) is 75.5 Å². The molecule has 0 saturated carbocycles. The summed E-state index contributed by atoms with van der Waals surface area (Å²) in [4.78, 5) is 38.1. The number of pyridine rings is 2. The molecule has 184 valence electrons. The molecule has 4 aromatic rings. The molecule has 0 unspecified atom stereocenters. The number of anilines is 2. The summed E-state index contributed by atoms with van der Waals surface area (Å²) < 4.78 is 8.67. The number of benzene rings is 1. The first kappa shape index (κ1) is 23.7. The largest absolute Gasteiger partial charge is 0.467 e. The summed E-state index contributed by atoms with van der Waals surface area (Å²) in [6.45, 7) is 4.47. The van der Waals surface area contributed by atoms with Gasteiger partial charge in [0.2, 0.25) is 0 Å². The van der Waals surface area contributed by atoms with Crippen LogP contribution in [0.1, 0.15) is 12.5 Å². The van der Waals surface area contributed by atoms with Crippen LogP contribution in [0.15, 0.2) is 64.3 Å². The lowest BCUT2D eigenvalue weighted by Crippen LogP contribution is -2.34. The van der Waals surface area contributed by atoms with Crippen LogP contribution in [0.3, 0.4) is 0 Å². The predicted molar refractivity (Wildman–Crippen MR) is 140 cm³/mol. The van der Waals surface area contributed by atoms with Crippen LogP contribution in [-0.4, -0.2) is 50.0 Å². The molecule has 1 aromatic carbocycles. The van der Waals surface area contributed by atoms with Crippen molar-refractivity contribution >= 4 is 33.5 Å². The van der Waals surface area contributed by atoms with E-state index < -0.39 is 0 Å². The highest BCUT2D eigenvalue weighted by molar-refractivity contribution is 9.10. The molecule has 1 fully saturated rings. The Morgan fingerprint density at radius 3 is 2.58 bits per heavy atom. The molecule has 0 N–H and O–H groups in total. The molecule has 10 nitrogen and oxygen atoms in total. The Labute approximate surface area is 215 Å². The maximum absolute atomic E-state index is 13.4. The van der Waals surface area contributed by atoms with Crippen molar-refractivity contribution in [3.63, 3.8) is 0 Å². The monoisotopic (exact) mass is 549 g/mol. The molecule has 1 saturated heterocycles. The van der Waals surface area contributed by atoms with Crippen molar-refractivity contribution in [2.24, 2.45) is 7.05 Å². The van der Waals surface area contributed by atoms with Crippen molar-refractivity contribution in [2.45, 2.75) is 19.9 Å². The molecular formula is C25H24BrN7O3. The molecule has 1 aliphatic heterocycles. The molecule has 5 rings (SSSR count). The Hall–Kier alpha value is -3.99. The number of hydrogen-bond acceptors (Lipinski definition) is 6. The van der Waals surface area contributed by atoms with Crippen LogP contribution in [0.25, 0.3) is 16.8 Å². The average Bonchev–Trinajstić information content (AvgIpc) is 3.33. The van der Waals surface area contributed by atoms with Gasteiger partial charge in [-0.05, 0) is 60.9 Å². The number of carbonyl (C=O) groups excluding carboxylic acids is 1. The van der Waals surface area contributed by atoms with E-state index in [-0.39, 0.29) is 23.8 Å². The number of ether oxygens (including phenoxy) is 1. The Kier molecular flexibility index (Phi) is 6.09. The normalized spacial score (nSPS) is 15.6. The number of nitrogens with zero attached hydrogens (tertiary/aromatic N) is 7. The van der Waals surface area contributed by atoms with Gasteiger partial charge in [-0.1, -0.05) is 22.0 Å². The van der Waals surface area contributed by atoms with Gasteiger partial charge < -0.3 is 4.74 Å². The number of aromatic nitrogens is 5. The Morgan fingerprint density at radius 1 is 1.08 bits per heavy atom. The summed E-state index contributed by atoms with van der Waals surface area (Å²) in [5.74, 6) is 0.608. The zero-order valence-corrected chi connectivity index (χ0v) is 21.8. The Bertz CT molecular complexity index is 1520. The summed E-state index contributed by atoms with van der Waals surface area (Å²) >= 11 is 3.66. The molecule has 0 radical (unpaired) electrons. The summed E-state index contributed by atoms with van der Waals surface area (Å²) in [6, 6.07) is 11.2. The second-order valence-corrected chi connectivity index (χ2v) is 9.38. The van der Waals surface area contributed by atoms with Crippen LogP contribution >= 0.6 is 15.9 Å². The van der Waals surface area contributed by atoms with E-state index in [1.165, 1.54) is 16.4 Å². The number of aryl methyl sites for hydroxylation is 1. The fourth-order valence-corrected chi connectivity index (χ4v) is 5.11. The van der Waals surface area contributed by atoms with Crippen LogP contribution in [-0.2, 0) is 7.05 Å². The van der Waals surface area contributed by atoms with E-state index in [1.54, 1.807) is 35.4 Å². The third-order valence-electron chi connectivity index (χ3n) is 6.26. The van der Waals surface area contributed by atoms with Crippen LogP contribution in [0, 0.1) is 6.92 Å². The summed E-state index contributed by atoms with van der Waals surface area (Å²) in [5.41, 5.74) is 3.75. The first-order valence-corrected chi connectivity index (χ1v) is 12.1. The highest BCUT2D eigenvalue weighted by atomic mass is 79.9. The SMILES string of the molecule is COc1nn(C)c(=O)n1-c1ccc(-c2ccnc(N3C[C@H](C)N(c4cccnc4)C3=O)c2C)c(Br)c1. The zero-order chi connectivity index (χ0) is 25.6. The topological polar surface area (TPSA) is 98.4 Å². The summed E-state index contributed by atoms with van der Waals surface area (Å²) in [6.07, 6.45) is 5.08. The maximum atomic E-state index is 13.4. The third-order valence-corrected chi connectivity index (χ3v) is 6.92. The van der Waals surface area contributed by atoms with Gasteiger partial charge in [-0.15, -0.1) is 5.10 Å². The molecule has 4 heterocycles. The molecule has 0 spiro atoms. The molecule has 1 aliphatic rings. The van der Waals surface area contributed by atoms with Gasteiger partial charge in [0.05, 0.1) is 30.7 Å². The standard InChI is InChI=1S/C25H24BrN7O3/c1-15-14-31(25(35)32(15)18-6-5-10-27-13-18)22-16(2)19(9-11-28-22)20-8-7-17(12-21(20)26)33-23(36-4)29-30(3)24(33)34/h5-13,15H,14H2,1-4H3/t15-/m0/s1. The third kappa shape index (κ3) is 3.85. The predicted octanol–water partition coefficient (Wildman–Crippen LogP) is 3.94. The molecule has 36 heavy (non-hydrogen) atoms. The lowest BCUT2D eigenvalue weighted by atomic mass is 10.0. The maximum Gasteiger partial charge on any atom is 0.353 e. The summed E-state index contributed by atoms with van der Waals surface area (Å²) in [5, 5.41) is 4.10. The van der Waals surface area contributed by atoms with Crippen molar-refractivity contribution in [1.82, 2.24) is 24.3 Å². The fourth-order valence-electron chi connectivity index (χ4n) is 4.53. The molecule has 3 aromatic heterocycles. The molecule has 0 aliphatic carbocycles. The second-order valence-electron chi connectivity index (χ2n) is 8.52. The number of methoxy groups -OCH3 is 1. The lowest BCUT2D eigenvalue weighted by molar-refractivity contribution is 0.255. The van der Waals surface area contributed by atoms with Gasteiger partial charge in [-0.3, -0.25) is 14.8 Å². The van der Waals surface area contributed by atoms with Gasteiger partial charge in [-0.2, -0.15) is 0 Å². The van der Waals surface area contributed by atoms with Gasteiger partial charge >= 0.3 is 17.7 Å². The van der Waals surface area contributed by atoms with Gasteiger partial charge in [0.15, 0.2) is 0 Å². The molecule has 0 bridgehead atoms. The van der Waals surface area contributed by atoms with Crippen molar-refractivity contribution in [3.8, 4) is 22.8 Å². The van der Waals surface area contributed by atoms with E-state index in [0.717, 1.165) is 26.9 Å². The Morgan fingerprint density at radius 2 is 1.89 bits per heavy atom. The zero-order valence-electron chi connectivity index (χ0n) is 20.2. The van der Waals surface area contributed by atoms with Crippen molar-refractivity contribution in [2.75, 3.05) is 23.5 Å². The van der Waals surface area contributed by atoms with Crippen LogP contribution in [0.2, 0.25) is 0 Å². The minimum Gasteiger partial charge on any atom is -0.467 e. The minimum atomic E-state index is -0.311. The fraction of sp³-hybridized carbons (Fsp3) is 0.240. The van der Waals surface area contributed by atoms with Crippen LogP contribution in [0.4, 0.5) is 16.3 Å². The van der Waals surface area contributed by atoms with E-state index in [2.05, 4.69) is 31.0 Å². The average molecular weight is 550 g/mol. The number of rotatable bonds is 5. The van der Waals surface area contributed by atoms with Crippen LogP contribution in [0.5, 0.6) is 6.01 Å². The van der Waals surface area contributed by atoms with Gasteiger partial charge in [0, 0.05) is 30.5 Å².